The van der Waals surface area contributed by atoms with Gasteiger partial charge in [0.2, 0.25) is 0 Å². The second kappa shape index (κ2) is 5.65. The molecule has 3 nitrogen and oxygen atoms in total. The second-order valence-electron chi connectivity index (χ2n) is 4.76. The van der Waals surface area contributed by atoms with Crippen LogP contribution in [0.4, 0.5) is 5.69 Å². The van der Waals surface area contributed by atoms with Crippen molar-refractivity contribution < 1.29 is 9.53 Å². The van der Waals surface area contributed by atoms with E-state index in [1.807, 2.05) is 42.5 Å². The number of ether oxygens (including phenoxy) is 1. The number of carbonyl (C=O) groups excluding carboxylic acids is 1. The summed E-state index contributed by atoms with van der Waals surface area (Å²) in [4.78, 5) is 12.2. The van der Waals surface area contributed by atoms with Gasteiger partial charge in [-0.25, -0.2) is 0 Å². The molecule has 0 atom stereocenters. The number of fused-ring (bicyclic) bond motifs is 1. The van der Waals surface area contributed by atoms with E-state index in [-0.39, 0.29) is 5.91 Å². The lowest BCUT2D eigenvalue weighted by molar-refractivity contribution is 0.102. The van der Waals surface area contributed by atoms with Crippen molar-refractivity contribution in [3.05, 3.63) is 64.7 Å². The van der Waals surface area contributed by atoms with Crippen LogP contribution in [-0.4, -0.2) is 5.91 Å². The minimum atomic E-state index is -0.119. The van der Waals surface area contributed by atoms with Crippen molar-refractivity contribution in [2.24, 2.45) is 0 Å². The van der Waals surface area contributed by atoms with E-state index in [1.54, 1.807) is 0 Å². The Morgan fingerprint density at radius 3 is 2.85 bits per heavy atom. The molecular weight excluding hydrogens is 274 g/mol. The molecule has 1 aliphatic rings. The number of carbonyl (C=O) groups is 1. The van der Waals surface area contributed by atoms with Gasteiger partial charge in [0.1, 0.15) is 0 Å². The number of alkyl halides is 1. The highest BCUT2D eigenvalue weighted by atomic mass is 35.5. The minimum absolute atomic E-state index is 0.119. The number of hydrogen-bond donors (Lipinski definition) is 1. The quantitative estimate of drug-likeness (QED) is 0.874. The van der Waals surface area contributed by atoms with Crippen molar-refractivity contribution in [1.82, 2.24) is 0 Å². The maximum absolute atomic E-state index is 12.2. The molecule has 0 spiro atoms. The first-order valence-electron chi connectivity index (χ1n) is 6.42. The van der Waals surface area contributed by atoms with E-state index >= 15 is 0 Å². The Morgan fingerprint density at radius 2 is 2.00 bits per heavy atom. The van der Waals surface area contributed by atoms with Gasteiger partial charge in [-0.3, -0.25) is 4.79 Å². The molecule has 2 aromatic rings. The highest BCUT2D eigenvalue weighted by Crippen LogP contribution is 2.21. The summed E-state index contributed by atoms with van der Waals surface area (Å²) in [5, 5.41) is 2.89. The maximum Gasteiger partial charge on any atom is 0.255 e. The van der Waals surface area contributed by atoms with Crippen LogP contribution in [0.5, 0.6) is 0 Å². The van der Waals surface area contributed by atoms with E-state index in [4.69, 9.17) is 16.3 Å². The molecular formula is C16H14ClNO2. The number of amides is 1. The molecule has 0 aromatic heterocycles. The van der Waals surface area contributed by atoms with Crippen LogP contribution < -0.4 is 5.32 Å². The van der Waals surface area contributed by atoms with Crippen LogP contribution in [0.1, 0.15) is 27.0 Å². The number of benzene rings is 2. The summed E-state index contributed by atoms with van der Waals surface area (Å²) in [6.07, 6.45) is 0. The number of hydrogen-bond acceptors (Lipinski definition) is 2. The summed E-state index contributed by atoms with van der Waals surface area (Å²) < 4.78 is 5.35. The van der Waals surface area contributed by atoms with E-state index in [0.717, 1.165) is 22.4 Å². The fourth-order valence-corrected chi connectivity index (χ4v) is 2.41. The Bertz CT molecular complexity index is 655. The predicted molar refractivity (Wildman–Crippen MR) is 78.9 cm³/mol. The largest absolute Gasteiger partial charge is 0.372 e. The summed E-state index contributed by atoms with van der Waals surface area (Å²) in [7, 11) is 0. The molecule has 20 heavy (non-hydrogen) atoms. The Balaban J connectivity index is 1.79. The third-order valence-corrected chi connectivity index (χ3v) is 3.63. The molecule has 1 aliphatic heterocycles. The van der Waals surface area contributed by atoms with E-state index in [1.165, 1.54) is 0 Å². The zero-order valence-corrected chi connectivity index (χ0v) is 11.6. The standard InChI is InChI=1S/C16H14ClNO2/c17-8-11-2-1-3-15(6-11)18-16(19)12-4-5-13-9-20-10-14(13)7-12/h1-7H,8-10H2,(H,18,19). The van der Waals surface area contributed by atoms with Gasteiger partial charge in [-0.05, 0) is 41.0 Å². The first-order valence-corrected chi connectivity index (χ1v) is 6.95. The lowest BCUT2D eigenvalue weighted by Gasteiger charge is -2.07. The van der Waals surface area contributed by atoms with Gasteiger partial charge in [-0.2, -0.15) is 0 Å². The predicted octanol–water partition coefficient (Wildman–Crippen LogP) is 3.71. The van der Waals surface area contributed by atoms with Crippen LogP contribution in [0, 0.1) is 0 Å². The molecule has 1 N–H and O–H groups in total. The number of rotatable bonds is 3. The van der Waals surface area contributed by atoms with Gasteiger partial charge in [0.05, 0.1) is 13.2 Å². The first-order chi connectivity index (χ1) is 9.76. The SMILES string of the molecule is O=C(Nc1cccc(CCl)c1)c1ccc2c(c1)COC2. The Kier molecular flexibility index (Phi) is 3.72. The van der Waals surface area contributed by atoms with Crippen molar-refractivity contribution >= 4 is 23.2 Å². The topological polar surface area (TPSA) is 38.3 Å². The van der Waals surface area contributed by atoms with Gasteiger partial charge < -0.3 is 10.1 Å². The van der Waals surface area contributed by atoms with E-state index in [0.29, 0.717) is 24.7 Å². The molecule has 0 radical (unpaired) electrons. The lowest BCUT2D eigenvalue weighted by Crippen LogP contribution is -2.12. The smallest absolute Gasteiger partial charge is 0.255 e. The third kappa shape index (κ3) is 2.69. The van der Waals surface area contributed by atoms with Crippen LogP contribution in [0.15, 0.2) is 42.5 Å². The monoisotopic (exact) mass is 287 g/mol. The summed E-state index contributed by atoms with van der Waals surface area (Å²) in [6, 6.07) is 13.2. The molecule has 0 aliphatic carbocycles. The summed E-state index contributed by atoms with van der Waals surface area (Å²) in [5.41, 5.74) is 4.63. The number of anilines is 1. The summed E-state index contributed by atoms with van der Waals surface area (Å²) >= 11 is 5.79. The average Bonchev–Trinajstić information content (AvgIpc) is 2.94. The van der Waals surface area contributed by atoms with Crippen LogP contribution in [0.3, 0.4) is 0 Å². The number of nitrogens with one attached hydrogen (secondary N) is 1. The zero-order valence-electron chi connectivity index (χ0n) is 10.9. The first kappa shape index (κ1) is 13.2. The molecule has 102 valence electrons. The summed E-state index contributed by atoms with van der Waals surface area (Å²) in [6.45, 7) is 1.22. The Morgan fingerprint density at radius 1 is 1.15 bits per heavy atom. The zero-order chi connectivity index (χ0) is 13.9. The van der Waals surface area contributed by atoms with Crippen LogP contribution in [0.25, 0.3) is 0 Å². The fraction of sp³-hybridized carbons (Fsp3) is 0.188. The van der Waals surface area contributed by atoms with Crippen LogP contribution >= 0.6 is 11.6 Å². The molecule has 1 amide bonds. The van der Waals surface area contributed by atoms with Crippen molar-refractivity contribution in [1.29, 1.82) is 0 Å². The molecule has 0 bridgehead atoms. The Hall–Kier alpha value is -1.84. The van der Waals surface area contributed by atoms with Crippen molar-refractivity contribution in [2.45, 2.75) is 19.1 Å². The molecule has 2 aromatic carbocycles. The van der Waals surface area contributed by atoms with Crippen LogP contribution in [-0.2, 0) is 23.8 Å². The highest BCUT2D eigenvalue weighted by Gasteiger charge is 2.14. The molecule has 0 saturated heterocycles. The average molecular weight is 288 g/mol. The maximum atomic E-state index is 12.2. The van der Waals surface area contributed by atoms with Gasteiger partial charge in [0, 0.05) is 17.1 Å². The van der Waals surface area contributed by atoms with Crippen molar-refractivity contribution in [3.8, 4) is 0 Å². The summed E-state index contributed by atoms with van der Waals surface area (Å²) in [5.74, 6) is 0.311. The minimum Gasteiger partial charge on any atom is -0.372 e. The third-order valence-electron chi connectivity index (χ3n) is 3.32. The molecule has 4 heteroatoms. The van der Waals surface area contributed by atoms with Crippen LogP contribution in [0.2, 0.25) is 0 Å². The van der Waals surface area contributed by atoms with Gasteiger partial charge in [0.25, 0.3) is 5.91 Å². The molecule has 0 fully saturated rings. The second-order valence-corrected chi connectivity index (χ2v) is 5.03. The molecule has 1 heterocycles. The fourth-order valence-electron chi connectivity index (χ4n) is 2.25. The van der Waals surface area contributed by atoms with E-state index < -0.39 is 0 Å². The normalized spacial score (nSPS) is 13.1. The van der Waals surface area contributed by atoms with Gasteiger partial charge in [-0.15, -0.1) is 11.6 Å². The van der Waals surface area contributed by atoms with Crippen molar-refractivity contribution in [2.75, 3.05) is 5.32 Å². The van der Waals surface area contributed by atoms with Gasteiger partial charge >= 0.3 is 0 Å². The number of halogens is 1. The Labute approximate surface area is 122 Å². The van der Waals surface area contributed by atoms with E-state index in [2.05, 4.69) is 5.32 Å². The molecule has 3 rings (SSSR count). The lowest BCUT2D eigenvalue weighted by atomic mass is 10.1. The molecule has 0 unspecified atom stereocenters. The highest BCUT2D eigenvalue weighted by molar-refractivity contribution is 6.17. The van der Waals surface area contributed by atoms with Gasteiger partial charge in [-0.1, -0.05) is 18.2 Å². The van der Waals surface area contributed by atoms with Gasteiger partial charge in [0.15, 0.2) is 0 Å². The van der Waals surface area contributed by atoms with E-state index in [9.17, 15) is 4.79 Å². The molecule has 0 saturated carbocycles. The van der Waals surface area contributed by atoms with Crippen molar-refractivity contribution in [3.63, 3.8) is 0 Å².